The Balaban J connectivity index is 2.48. The van der Waals surface area contributed by atoms with Crippen LogP contribution in [0.4, 0.5) is 0 Å². The lowest BCUT2D eigenvalue weighted by molar-refractivity contribution is 0.100. The van der Waals surface area contributed by atoms with Crippen LogP contribution in [0.5, 0.6) is 0 Å². The first kappa shape index (κ1) is 11.4. The standard InChI is InChI=1S/C14H14N2O/c15-9-10-5-7-11(8-6-10)12-3-1-2-4-13(12)14(16)17/h1-8H,9,15H2,(H2,16,17). The first-order valence-electron chi connectivity index (χ1n) is 5.40. The fraction of sp³-hybridized carbons (Fsp3) is 0.0714. The Morgan fingerprint density at radius 2 is 1.65 bits per heavy atom. The molecule has 0 saturated carbocycles. The number of carbonyl (C=O) groups is 1. The Hall–Kier alpha value is -2.13. The summed E-state index contributed by atoms with van der Waals surface area (Å²) < 4.78 is 0. The van der Waals surface area contributed by atoms with Gasteiger partial charge in [0.1, 0.15) is 0 Å². The summed E-state index contributed by atoms with van der Waals surface area (Å²) in [5, 5.41) is 0. The highest BCUT2D eigenvalue weighted by Crippen LogP contribution is 2.23. The van der Waals surface area contributed by atoms with Crippen molar-refractivity contribution >= 4 is 5.91 Å². The predicted octanol–water partition coefficient (Wildman–Crippen LogP) is 1.91. The molecule has 0 aromatic heterocycles. The molecule has 0 bridgehead atoms. The van der Waals surface area contributed by atoms with E-state index in [0.29, 0.717) is 12.1 Å². The predicted molar refractivity (Wildman–Crippen MR) is 68.3 cm³/mol. The SMILES string of the molecule is NCc1ccc(-c2ccccc2C(N)=O)cc1. The van der Waals surface area contributed by atoms with Crippen molar-refractivity contribution in [2.75, 3.05) is 0 Å². The Morgan fingerprint density at radius 3 is 2.24 bits per heavy atom. The second kappa shape index (κ2) is 4.80. The maximum absolute atomic E-state index is 11.3. The van der Waals surface area contributed by atoms with E-state index in [2.05, 4.69) is 0 Å². The highest BCUT2D eigenvalue weighted by Gasteiger charge is 2.08. The molecule has 0 heterocycles. The van der Waals surface area contributed by atoms with Gasteiger partial charge in [-0.05, 0) is 22.8 Å². The smallest absolute Gasteiger partial charge is 0.249 e. The number of primary amides is 1. The molecule has 0 unspecified atom stereocenters. The molecule has 2 rings (SSSR count). The van der Waals surface area contributed by atoms with Crippen LogP contribution < -0.4 is 11.5 Å². The number of nitrogens with two attached hydrogens (primary N) is 2. The van der Waals surface area contributed by atoms with Crippen molar-refractivity contribution in [2.24, 2.45) is 11.5 Å². The van der Waals surface area contributed by atoms with E-state index in [1.165, 1.54) is 0 Å². The third-order valence-corrected chi connectivity index (χ3v) is 2.69. The van der Waals surface area contributed by atoms with Crippen LogP contribution in [0.3, 0.4) is 0 Å². The normalized spacial score (nSPS) is 10.2. The lowest BCUT2D eigenvalue weighted by Crippen LogP contribution is -2.12. The van der Waals surface area contributed by atoms with Gasteiger partial charge in [0.15, 0.2) is 0 Å². The van der Waals surface area contributed by atoms with Crippen LogP contribution in [-0.2, 0) is 6.54 Å². The van der Waals surface area contributed by atoms with E-state index in [0.717, 1.165) is 16.7 Å². The summed E-state index contributed by atoms with van der Waals surface area (Å²) in [5.74, 6) is -0.413. The molecule has 0 radical (unpaired) electrons. The Kier molecular flexibility index (Phi) is 3.21. The Bertz CT molecular complexity index is 532. The van der Waals surface area contributed by atoms with Gasteiger partial charge in [-0.3, -0.25) is 4.79 Å². The minimum atomic E-state index is -0.413. The van der Waals surface area contributed by atoms with Gasteiger partial charge in [-0.2, -0.15) is 0 Å². The van der Waals surface area contributed by atoms with Crippen LogP contribution >= 0.6 is 0 Å². The topological polar surface area (TPSA) is 69.1 Å². The van der Waals surface area contributed by atoms with Crippen LogP contribution in [0.25, 0.3) is 11.1 Å². The van der Waals surface area contributed by atoms with Crippen LogP contribution in [0.2, 0.25) is 0 Å². The van der Waals surface area contributed by atoms with Gasteiger partial charge in [0.2, 0.25) is 5.91 Å². The first-order chi connectivity index (χ1) is 8.22. The van der Waals surface area contributed by atoms with E-state index >= 15 is 0 Å². The maximum atomic E-state index is 11.3. The second-order valence-corrected chi connectivity index (χ2v) is 3.81. The van der Waals surface area contributed by atoms with Gasteiger partial charge in [-0.25, -0.2) is 0 Å². The molecule has 0 aliphatic rings. The zero-order valence-corrected chi connectivity index (χ0v) is 9.39. The summed E-state index contributed by atoms with van der Waals surface area (Å²) >= 11 is 0. The number of carbonyl (C=O) groups excluding carboxylic acids is 1. The molecular weight excluding hydrogens is 212 g/mol. The number of hydrogen-bond acceptors (Lipinski definition) is 2. The second-order valence-electron chi connectivity index (χ2n) is 3.81. The fourth-order valence-corrected chi connectivity index (χ4v) is 1.77. The quantitative estimate of drug-likeness (QED) is 0.839. The molecule has 1 amide bonds. The molecule has 0 saturated heterocycles. The Labute approximate surface area is 100 Å². The van der Waals surface area contributed by atoms with Crippen LogP contribution in [0.1, 0.15) is 15.9 Å². The summed E-state index contributed by atoms with van der Waals surface area (Å²) in [5.41, 5.74) is 14.3. The fourth-order valence-electron chi connectivity index (χ4n) is 1.77. The molecule has 0 aliphatic carbocycles. The number of amides is 1. The molecule has 4 N–H and O–H groups in total. The highest BCUT2D eigenvalue weighted by atomic mass is 16.1. The van der Waals surface area contributed by atoms with Crippen LogP contribution in [0.15, 0.2) is 48.5 Å². The molecule has 2 aromatic rings. The van der Waals surface area contributed by atoms with Crippen LogP contribution in [-0.4, -0.2) is 5.91 Å². The van der Waals surface area contributed by atoms with Crippen molar-refractivity contribution in [1.82, 2.24) is 0 Å². The van der Waals surface area contributed by atoms with Crippen molar-refractivity contribution in [3.05, 3.63) is 59.7 Å². The minimum Gasteiger partial charge on any atom is -0.366 e. The van der Waals surface area contributed by atoms with Gasteiger partial charge in [0.05, 0.1) is 0 Å². The Morgan fingerprint density at radius 1 is 1.00 bits per heavy atom. The molecule has 86 valence electrons. The third-order valence-electron chi connectivity index (χ3n) is 2.69. The number of rotatable bonds is 3. The average molecular weight is 226 g/mol. The zero-order valence-electron chi connectivity index (χ0n) is 9.39. The molecular formula is C14H14N2O. The molecule has 0 spiro atoms. The monoisotopic (exact) mass is 226 g/mol. The molecule has 3 nitrogen and oxygen atoms in total. The summed E-state index contributed by atoms with van der Waals surface area (Å²) in [6, 6.07) is 15.1. The summed E-state index contributed by atoms with van der Waals surface area (Å²) in [6.45, 7) is 0.512. The highest BCUT2D eigenvalue weighted by molar-refractivity contribution is 5.99. The molecule has 17 heavy (non-hydrogen) atoms. The van der Waals surface area contributed by atoms with Crippen LogP contribution in [0, 0.1) is 0 Å². The van der Waals surface area contributed by atoms with E-state index in [1.54, 1.807) is 12.1 Å². The van der Waals surface area contributed by atoms with Crippen molar-refractivity contribution in [3.63, 3.8) is 0 Å². The van der Waals surface area contributed by atoms with E-state index in [-0.39, 0.29) is 0 Å². The summed E-state index contributed by atoms with van der Waals surface area (Å²) in [7, 11) is 0. The molecule has 3 heteroatoms. The minimum absolute atomic E-state index is 0.413. The van der Waals surface area contributed by atoms with Crippen molar-refractivity contribution in [2.45, 2.75) is 6.54 Å². The van der Waals surface area contributed by atoms with Gasteiger partial charge < -0.3 is 11.5 Å². The van der Waals surface area contributed by atoms with E-state index < -0.39 is 5.91 Å². The zero-order chi connectivity index (χ0) is 12.3. The summed E-state index contributed by atoms with van der Waals surface area (Å²) in [4.78, 5) is 11.3. The van der Waals surface area contributed by atoms with Crippen molar-refractivity contribution < 1.29 is 4.79 Å². The van der Waals surface area contributed by atoms with E-state index in [1.807, 2.05) is 36.4 Å². The van der Waals surface area contributed by atoms with Gasteiger partial charge in [0, 0.05) is 12.1 Å². The molecule has 2 aromatic carbocycles. The van der Waals surface area contributed by atoms with Gasteiger partial charge in [-0.15, -0.1) is 0 Å². The largest absolute Gasteiger partial charge is 0.366 e. The average Bonchev–Trinajstić information content (AvgIpc) is 2.39. The maximum Gasteiger partial charge on any atom is 0.249 e. The van der Waals surface area contributed by atoms with Crippen molar-refractivity contribution in [3.8, 4) is 11.1 Å². The van der Waals surface area contributed by atoms with Gasteiger partial charge in [-0.1, -0.05) is 42.5 Å². The first-order valence-corrected chi connectivity index (χ1v) is 5.40. The lowest BCUT2D eigenvalue weighted by atomic mass is 9.98. The third kappa shape index (κ3) is 2.34. The van der Waals surface area contributed by atoms with Gasteiger partial charge >= 0.3 is 0 Å². The molecule has 0 aliphatic heterocycles. The van der Waals surface area contributed by atoms with Gasteiger partial charge in [0.25, 0.3) is 0 Å². The number of benzene rings is 2. The lowest BCUT2D eigenvalue weighted by Gasteiger charge is -2.07. The van der Waals surface area contributed by atoms with Crippen molar-refractivity contribution in [1.29, 1.82) is 0 Å². The molecule has 0 fully saturated rings. The van der Waals surface area contributed by atoms with E-state index in [4.69, 9.17) is 11.5 Å². The summed E-state index contributed by atoms with van der Waals surface area (Å²) in [6.07, 6.45) is 0. The molecule has 0 atom stereocenters. The number of hydrogen-bond donors (Lipinski definition) is 2. The van der Waals surface area contributed by atoms with E-state index in [9.17, 15) is 4.79 Å².